The van der Waals surface area contributed by atoms with Crippen LogP contribution < -0.4 is 16.0 Å². The molecule has 0 saturated carbocycles. The second-order valence-corrected chi connectivity index (χ2v) is 12.7. The van der Waals surface area contributed by atoms with Gasteiger partial charge in [0, 0.05) is 50.7 Å². The van der Waals surface area contributed by atoms with Gasteiger partial charge in [-0.3, -0.25) is 24.1 Å². The van der Waals surface area contributed by atoms with E-state index in [0.29, 0.717) is 51.4 Å². The zero-order valence-electron chi connectivity index (χ0n) is 28.3. The molecule has 254 valence electrons. The smallest absolute Gasteiger partial charge is 0.253 e. The molecule has 4 amide bonds. The number of anilines is 1. The summed E-state index contributed by atoms with van der Waals surface area (Å²) in [5.41, 5.74) is 0.831. The van der Waals surface area contributed by atoms with Gasteiger partial charge in [-0.05, 0) is 53.5 Å². The second kappa shape index (κ2) is 15.5. The summed E-state index contributed by atoms with van der Waals surface area (Å²) in [5, 5.41) is 9.83. The molecule has 0 spiro atoms. The molecule has 13 nitrogen and oxygen atoms in total. The SMILES string of the molecule is CCOCc1nc2c(NC)nc3ccccc3c2n1CC(C)(C)OCCNC(=O)C(C)(C)NC(=O)CCCCCN1C(=O)C=CC1=O. The maximum atomic E-state index is 12.9. The molecule has 3 N–H and O–H groups in total. The first kappa shape index (κ1) is 35.5. The number of para-hydroxylation sites is 1. The standard InChI is InChI=1S/C34H47N7O6/c1-7-46-21-25-38-29-30(23-13-10-11-14-24(23)37-31(29)35-6)41(25)22-33(2,3)47-20-18-36-32(45)34(4,5)39-26(42)15-9-8-12-19-40-27(43)16-17-28(40)44/h10-11,13-14,16-17H,7-9,12,15,18-22H2,1-6H3,(H,35,37)(H,36,45)(H,39,42). The lowest BCUT2D eigenvalue weighted by Gasteiger charge is -2.28. The molecule has 2 aromatic heterocycles. The highest BCUT2D eigenvalue weighted by atomic mass is 16.5. The lowest BCUT2D eigenvalue weighted by atomic mass is 10.0. The van der Waals surface area contributed by atoms with E-state index >= 15 is 0 Å². The monoisotopic (exact) mass is 649 g/mol. The van der Waals surface area contributed by atoms with Crippen molar-refractivity contribution in [2.45, 2.75) is 84.6 Å². The lowest BCUT2D eigenvalue weighted by molar-refractivity contribution is -0.137. The second-order valence-electron chi connectivity index (χ2n) is 12.7. The Kier molecular flexibility index (Phi) is 11.7. The summed E-state index contributed by atoms with van der Waals surface area (Å²) in [4.78, 5) is 59.6. The molecule has 13 heteroatoms. The van der Waals surface area contributed by atoms with E-state index in [9.17, 15) is 19.2 Å². The number of ether oxygens (including phenoxy) is 2. The summed E-state index contributed by atoms with van der Waals surface area (Å²) in [7, 11) is 1.83. The van der Waals surface area contributed by atoms with Gasteiger partial charge in [-0.15, -0.1) is 0 Å². The van der Waals surface area contributed by atoms with E-state index in [2.05, 4.69) is 20.5 Å². The molecule has 0 fully saturated rings. The van der Waals surface area contributed by atoms with Gasteiger partial charge < -0.3 is 30.0 Å². The number of amides is 4. The molecule has 0 atom stereocenters. The molecular formula is C34H47N7O6. The van der Waals surface area contributed by atoms with E-state index < -0.39 is 11.1 Å². The number of imide groups is 1. The summed E-state index contributed by atoms with van der Waals surface area (Å²) in [6, 6.07) is 7.96. The van der Waals surface area contributed by atoms with Crippen LogP contribution in [0, 0.1) is 0 Å². The topological polar surface area (TPSA) is 157 Å². The van der Waals surface area contributed by atoms with Crippen LogP contribution in [0.2, 0.25) is 0 Å². The lowest BCUT2D eigenvalue weighted by Crippen LogP contribution is -2.55. The Morgan fingerprint density at radius 2 is 1.70 bits per heavy atom. The minimum atomic E-state index is -1.11. The summed E-state index contributed by atoms with van der Waals surface area (Å²) < 4.78 is 14.2. The van der Waals surface area contributed by atoms with Gasteiger partial charge in [0.2, 0.25) is 11.8 Å². The van der Waals surface area contributed by atoms with Crippen LogP contribution in [0.5, 0.6) is 0 Å². The number of benzene rings is 1. The van der Waals surface area contributed by atoms with E-state index in [4.69, 9.17) is 19.4 Å². The predicted octanol–water partition coefficient (Wildman–Crippen LogP) is 3.45. The largest absolute Gasteiger partial charge is 0.374 e. The highest BCUT2D eigenvalue weighted by Crippen LogP contribution is 2.31. The van der Waals surface area contributed by atoms with Gasteiger partial charge in [-0.1, -0.05) is 24.6 Å². The highest BCUT2D eigenvalue weighted by molar-refractivity contribution is 6.12. The van der Waals surface area contributed by atoms with Crippen LogP contribution in [-0.2, 0) is 41.8 Å². The van der Waals surface area contributed by atoms with E-state index in [-0.39, 0.29) is 43.2 Å². The Balaban J connectivity index is 1.28. The average Bonchev–Trinajstić information content (AvgIpc) is 3.55. The van der Waals surface area contributed by atoms with Crippen molar-refractivity contribution in [2.75, 3.05) is 38.7 Å². The van der Waals surface area contributed by atoms with Gasteiger partial charge in [0.25, 0.3) is 11.8 Å². The van der Waals surface area contributed by atoms with Crippen molar-refractivity contribution in [3.63, 3.8) is 0 Å². The molecule has 4 rings (SSSR count). The number of nitrogens with zero attached hydrogens (tertiary/aromatic N) is 4. The summed E-state index contributed by atoms with van der Waals surface area (Å²) in [6.45, 7) is 11.5. The van der Waals surface area contributed by atoms with Gasteiger partial charge >= 0.3 is 0 Å². The number of imidazole rings is 1. The maximum absolute atomic E-state index is 12.9. The number of nitrogens with one attached hydrogen (secondary N) is 3. The van der Waals surface area contributed by atoms with E-state index in [0.717, 1.165) is 27.8 Å². The number of carbonyl (C=O) groups is 4. The first-order valence-corrected chi connectivity index (χ1v) is 16.2. The summed E-state index contributed by atoms with van der Waals surface area (Å²) >= 11 is 0. The Bertz CT molecular complexity index is 1630. The van der Waals surface area contributed by atoms with Gasteiger partial charge in [0.05, 0.1) is 29.8 Å². The van der Waals surface area contributed by atoms with Crippen molar-refractivity contribution >= 4 is 51.4 Å². The van der Waals surface area contributed by atoms with Crippen molar-refractivity contribution in [1.82, 2.24) is 30.1 Å². The molecule has 1 aromatic carbocycles. The number of carbonyl (C=O) groups excluding carboxylic acids is 4. The van der Waals surface area contributed by atoms with Crippen molar-refractivity contribution in [3.05, 3.63) is 42.2 Å². The molecule has 0 radical (unpaired) electrons. The van der Waals surface area contributed by atoms with Crippen LogP contribution >= 0.6 is 0 Å². The third-order valence-corrected chi connectivity index (χ3v) is 7.96. The summed E-state index contributed by atoms with van der Waals surface area (Å²) in [5.74, 6) is 0.302. The van der Waals surface area contributed by atoms with Gasteiger partial charge in [-0.25, -0.2) is 9.97 Å². The molecule has 1 aliphatic heterocycles. The molecule has 3 heterocycles. The first-order chi connectivity index (χ1) is 22.4. The molecular weight excluding hydrogens is 602 g/mol. The van der Waals surface area contributed by atoms with Crippen LogP contribution in [0.25, 0.3) is 21.9 Å². The van der Waals surface area contributed by atoms with Crippen molar-refractivity contribution < 1.29 is 28.7 Å². The Hall–Kier alpha value is -4.36. The fraction of sp³-hybridized carbons (Fsp3) is 0.529. The fourth-order valence-electron chi connectivity index (χ4n) is 5.52. The molecule has 0 bridgehead atoms. The molecule has 0 aliphatic carbocycles. The molecule has 3 aromatic rings. The molecule has 47 heavy (non-hydrogen) atoms. The van der Waals surface area contributed by atoms with Crippen LogP contribution in [-0.4, -0.2) is 87.6 Å². The van der Waals surface area contributed by atoms with Gasteiger partial charge in [0.15, 0.2) is 5.82 Å². The van der Waals surface area contributed by atoms with Gasteiger partial charge in [0.1, 0.15) is 23.5 Å². The van der Waals surface area contributed by atoms with E-state index in [1.165, 1.54) is 17.1 Å². The number of hydrogen-bond acceptors (Lipinski definition) is 9. The number of fused-ring (bicyclic) bond motifs is 3. The minimum Gasteiger partial charge on any atom is -0.374 e. The Morgan fingerprint density at radius 3 is 2.40 bits per heavy atom. The third kappa shape index (κ3) is 8.92. The van der Waals surface area contributed by atoms with Crippen molar-refractivity contribution in [1.29, 1.82) is 0 Å². The Labute approximate surface area is 275 Å². The fourth-order valence-corrected chi connectivity index (χ4v) is 5.52. The van der Waals surface area contributed by atoms with Crippen LogP contribution in [0.15, 0.2) is 36.4 Å². The zero-order valence-corrected chi connectivity index (χ0v) is 28.3. The number of hydrogen-bond donors (Lipinski definition) is 3. The number of aromatic nitrogens is 3. The normalized spacial score (nSPS) is 13.6. The van der Waals surface area contributed by atoms with Crippen molar-refractivity contribution in [3.8, 4) is 0 Å². The molecule has 0 saturated heterocycles. The molecule has 1 aliphatic rings. The Morgan fingerprint density at radius 1 is 0.979 bits per heavy atom. The summed E-state index contributed by atoms with van der Waals surface area (Å²) in [6.07, 6.45) is 4.63. The zero-order chi connectivity index (χ0) is 34.2. The number of unbranched alkanes of at least 4 members (excludes halogenated alkanes) is 2. The van der Waals surface area contributed by atoms with Crippen LogP contribution in [0.1, 0.15) is 66.1 Å². The number of pyridine rings is 1. The van der Waals surface area contributed by atoms with Gasteiger partial charge in [-0.2, -0.15) is 0 Å². The van der Waals surface area contributed by atoms with Crippen LogP contribution in [0.4, 0.5) is 5.82 Å². The van der Waals surface area contributed by atoms with Crippen LogP contribution in [0.3, 0.4) is 0 Å². The maximum Gasteiger partial charge on any atom is 0.253 e. The first-order valence-electron chi connectivity index (χ1n) is 16.2. The average molecular weight is 650 g/mol. The highest BCUT2D eigenvalue weighted by Gasteiger charge is 2.30. The quantitative estimate of drug-likeness (QED) is 0.139. The van der Waals surface area contributed by atoms with Crippen molar-refractivity contribution in [2.24, 2.45) is 0 Å². The minimum absolute atomic E-state index is 0.239. The van der Waals surface area contributed by atoms with E-state index in [1.807, 2.05) is 52.1 Å². The van der Waals surface area contributed by atoms with E-state index in [1.54, 1.807) is 13.8 Å². The number of rotatable bonds is 18. The molecule has 0 unspecified atom stereocenters. The predicted molar refractivity (Wildman–Crippen MR) is 180 cm³/mol. The third-order valence-electron chi connectivity index (χ3n) is 7.96.